The highest BCUT2D eigenvalue weighted by molar-refractivity contribution is 6.30. The van der Waals surface area contributed by atoms with Crippen LogP contribution in [0, 0.1) is 6.92 Å². The zero-order valence-corrected chi connectivity index (χ0v) is 10.7. The number of rotatable bonds is 3. The predicted molar refractivity (Wildman–Crippen MR) is 64.9 cm³/mol. The highest BCUT2D eigenvalue weighted by Crippen LogP contribution is 2.17. The molecule has 0 unspecified atom stereocenters. The number of aromatic nitrogens is 4. The van der Waals surface area contributed by atoms with Gasteiger partial charge in [-0.2, -0.15) is 5.10 Å². The highest BCUT2D eigenvalue weighted by atomic mass is 35.5. The molecule has 2 rings (SSSR count). The fraction of sp³-hybridized carbons (Fsp3) is 0.273. The fourth-order valence-corrected chi connectivity index (χ4v) is 1.54. The van der Waals surface area contributed by atoms with E-state index in [4.69, 9.17) is 16.3 Å². The SMILES string of the molecule is CCOC(=O)c1cnn(-c2ncnc(Cl)c2C)c1. The van der Waals surface area contributed by atoms with Crippen molar-refractivity contribution in [3.05, 3.63) is 35.0 Å². The van der Waals surface area contributed by atoms with Gasteiger partial charge in [-0.1, -0.05) is 11.6 Å². The standard InChI is InChI=1S/C11H11ClN4O2/c1-3-18-11(17)8-4-15-16(5-8)10-7(2)9(12)13-6-14-10/h4-6H,3H2,1-2H3. The van der Waals surface area contributed by atoms with Crippen molar-refractivity contribution >= 4 is 17.6 Å². The second-order valence-electron chi connectivity index (χ2n) is 3.51. The second kappa shape index (κ2) is 5.14. The van der Waals surface area contributed by atoms with Crippen LogP contribution in [-0.2, 0) is 4.74 Å². The van der Waals surface area contributed by atoms with Crippen molar-refractivity contribution in [2.75, 3.05) is 6.61 Å². The van der Waals surface area contributed by atoms with E-state index in [0.717, 1.165) is 0 Å². The third-order valence-electron chi connectivity index (χ3n) is 2.31. The van der Waals surface area contributed by atoms with Gasteiger partial charge in [0.2, 0.25) is 0 Å². The van der Waals surface area contributed by atoms with Gasteiger partial charge in [0.25, 0.3) is 0 Å². The van der Waals surface area contributed by atoms with E-state index in [1.165, 1.54) is 17.2 Å². The van der Waals surface area contributed by atoms with E-state index in [1.807, 2.05) is 0 Å². The molecule has 2 aromatic rings. The van der Waals surface area contributed by atoms with Crippen molar-refractivity contribution in [1.29, 1.82) is 0 Å². The van der Waals surface area contributed by atoms with Gasteiger partial charge in [-0.3, -0.25) is 0 Å². The molecule has 0 N–H and O–H groups in total. The van der Waals surface area contributed by atoms with E-state index >= 15 is 0 Å². The van der Waals surface area contributed by atoms with E-state index in [1.54, 1.807) is 20.0 Å². The summed E-state index contributed by atoms with van der Waals surface area (Å²) in [4.78, 5) is 19.4. The van der Waals surface area contributed by atoms with Crippen molar-refractivity contribution in [3.8, 4) is 5.82 Å². The Kier molecular flexibility index (Phi) is 3.57. The van der Waals surface area contributed by atoms with Gasteiger partial charge in [0.05, 0.1) is 18.4 Å². The summed E-state index contributed by atoms with van der Waals surface area (Å²) in [5.41, 5.74) is 1.06. The van der Waals surface area contributed by atoms with Crippen molar-refractivity contribution in [3.63, 3.8) is 0 Å². The van der Waals surface area contributed by atoms with Crippen molar-refractivity contribution in [1.82, 2.24) is 19.7 Å². The Labute approximate surface area is 109 Å². The van der Waals surface area contributed by atoms with Gasteiger partial charge in [0.1, 0.15) is 11.5 Å². The van der Waals surface area contributed by atoms with Gasteiger partial charge in [0, 0.05) is 11.8 Å². The quantitative estimate of drug-likeness (QED) is 0.626. The number of esters is 1. The summed E-state index contributed by atoms with van der Waals surface area (Å²) < 4.78 is 6.35. The van der Waals surface area contributed by atoms with Crippen molar-refractivity contribution in [2.45, 2.75) is 13.8 Å². The zero-order valence-electron chi connectivity index (χ0n) is 9.92. The van der Waals surface area contributed by atoms with Gasteiger partial charge in [-0.25, -0.2) is 19.4 Å². The number of carbonyl (C=O) groups excluding carboxylic acids is 1. The fourth-order valence-electron chi connectivity index (χ4n) is 1.41. The molecule has 0 fully saturated rings. The first kappa shape index (κ1) is 12.5. The van der Waals surface area contributed by atoms with Crippen LogP contribution in [0.1, 0.15) is 22.8 Å². The summed E-state index contributed by atoms with van der Waals surface area (Å²) >= 11 is 5.90. The molecule has 0 aromatic carbocycles. The molecule has 94 valence electrons. The molecular formula is C11H11ClN4O2. The Balaban J connectivity index is 2.35. The molecule has 2 heterocycles. The van der Waals surface area contributed by atoms with Gasteiger partial charge in [-0.15, -0.1) is 0 Å². The van der Waals surface area contributed by atoms with Gasteiger partial charge in [0.15, 0.2) is 5.82 Å². The molecule has 0 bridgehead atoms. The lowest BCUT2D eigenvalue weighted by molar-refractivity contribution is 0.0526. The molecule has 0 aliphatic heterocycles. The van der Waals surface area contributed by atoms with Crippen LogP contribution in [0.5, 0.6) is 0 Å². The van der Waals surface area contributed by atoms with Crippen molar-refractivity contribution in [2.24, 2.45) is 0 Å². The molecule has 2 aromatic heterocycles. The molecule has 0 spiro atoms. The number of hydrogen-bond acceptors (Lipinski definition) is 5. The summed E-state index contributed by atoms with van der Waals surface area (Å²) in [6.45, 7) is 3.85. The average molecular weight is 267 g/mol. The first-order chi connectivity index (χ1) is 8.63. The van der Waals surface area contributed by atoms with Crippen LogP contribution in [0.15, 0.2) is 18.7 Å². The number of hydrogen-bond donors (Lipinski definition) is 0. The maximum absolute atomic E-state index is 11.5. The Hall–Kier alpha value is -1.95. The van der Waals surface area contributed by atoms with Crippen LogP contribution in [0.25, 0.3) is 5.82 Å². The third-order valence-corrected chi connectivity index (χ3v) is 2.69. The molecule has 18 heavy (non-hydrogen) atoms. The predicted octanol–water partition coefficient (Wildman–Crippen LogP) is 1.80. The van der Waals surface area contributed by atoms with Crippen LogP contribution in [-0.4, -0.2) is 32.3 Å². The summed E-state index contributed by atoms with van der Waals surface area (Å²) in [6, 6.07) is 0. The highest BCUT2D eigenvalue weighted by Gasteiger charge is 2.13. The minimum Gasteiger partial charge on any atom is -0.462 e. The number of halogens is 1. The average Bonchev–Trinajstić information content (AvgIpc) is 2.82. The number of nitrogens with zero attached hydrogens (tertiary/aromatic N) is 4. The largest absolute Gasteiger partial charge is 0.462 e. The van der Waals surface area contributed by atoms with E-state index in [0.29, 0.717) is 28.7 Å². The van der Waals surface area contributed by atoms with Gasteiger partial charge < -0.3 is 4.74 Å². The summed E-state index contributed by atoms with van der Waals surface area (Å²) in [5.74, 6) is 0.118. The number of carbonyl (C=O) groups is 1. The van der Waals surface area contributed by atoms with Gasteiger partial charge in [-0.05, 0) is 13.8 Å². The maximum Gasteiger partial charge on any atom is 0.341 e. The first-order valence-corrected chi connectivity index (χ1v) is 5.70. The molecule has 0 saturated carbocycles. The maximum atomic E-state index is 11.5. The van der Waals surface area contributed by atoms with Crippen LogP contribution in [0.3, 0.4) is 0 Å². The third kappa shape index (κ3) is 2.33. The van der Waals surface area contributed by atoms with Crippen LogP contribution < -0.4 is 0 Å². The molecular weight excluding hydrogens is 256 g/mol. The minimum atomic E-state index is -0.415. The lowest BCUT2D eigenvalue weighted by Crippen LogP contribution is -2.04. The minimum absolute atomic E-state index is 0.322. The summed E-state index contributed by atoms with van der Waals surface area (Å²) in [6.07, 6.45) is 4.31. The van der Waals surface area contributed by atoms with Crippen LogP contribution in [0.2, 0.25) is 5.15 Å². The molecule has 0 radical (unpaired) electrons. The molecule has 7 heteroatoms. The van der Waals surface area contributed by atoms with E-state index in [-0.39, 0.29) is 0 Å². The van der Waals surface area contributed by atoms with E-state index in [2.05, 4.69) is 15.1 Å². The molecule has 0 atom stereocenters. The lowest BCUT2D eigenvalue weighted by Gasteiger charge is -2.04. The van der Waals surface area contributed by atoms with Crippen molar-refractivity contribution < 1.29 is 9.53 Å². The zero-order chi connectivity index (χ0) is 13.1. The summed E-state index contributed by atoms with van der Waals surface area (Å²) in [7, 11) is 0. The normalized spacial score (nSPS) is 10.4. The Morgan fingerprint density at radius 1 is 1.50 bits per heavy atom. The monoisotopic (exact) mass is 266 g/mol. The Morgan fingerprint density at radius 3 is 3.00 bits per heavy atom. The first-order valence-electron chi connectivity index (χ1n) is 5.32. The van der Waals surface area contributed by atoms with E-state index < -0.39 is 5.97 Å². The Morgan fingerprint density at radius 2 is 2.28 bits per heavy atom. The molecule has 0 aliphatic rings. The molecule has 0 amide bonds. The number of ether oxygens (including phenoxy) is 1. The second-order valence-corrected chi connectivity index (χ2v) is 3.87. The lowest BCUT2D eigenvalue weighted by atomic mass is 10.3. The van der Waals surface area contributed by atoms with Crippen LogP contribution in [0.4, 0.5) is 0 Å². The molecule has 0 saturated heterocycles. The summed E-state index contributed by atoms with van der Waals surface area (Å²) in [5, 5.41) is 4.41. The smallest absolute Gasteiger partial charge is 0.341 e. The molecule has 0 aliphatic carbocycles. The Bertz CT molecular complexity index is 582. The van der Waals surface area contributed by atoms with Crippen LogP contribution >= 0.6 is 11.6 Å². The topological polar surface area (TPSA) is 69.9 Å². The van der Waals surface area contributed by atoms with Gasteiger partial charge >= 0.3 is 5.97 Å². The van der Waals surface area contributed by atoms with E-state index in [9.17, 15) is 4.79 Å². The molecule has 6 nitrogen and oxygen atoms in total.